The number of aromatic nitrogens is 2. The van der Waals surface area contributed by atoms with Crippen molar-refractivity contribution in [3.05, 3.63) is 168 Å². The van der Waals surface area contributed by atoms with E-state index in [4.69, 9.17) is 0 Å². The van der Waals surface area contributed by atoms with Crippen molar-refractivity contribution in [2.24, 2.45) is 0 Å². The van der Waals surface area contributed by atoms with Gasteiger partial charge in [-0.15, -0.1) is 49.2 Å². The van der Waals surface area contributed by atoms with Crippen LogP contribution in [0.3, 0.4) is 0 Å². The summed E-state index contributed by atoms with van der Waals surface area (Å²) in [5.41, 5.74) is 3.74. The van der Waals surface area contributed by atoms with Crippen LogP contribution in [0.5, 0.6) is 11.5 Å². The summed E-state index contributed by atoms with van der Waals surface area (Å²) < 4.78 is 56.6. The van der Waals surface area contributed by atoms with E-state index in [0.717, 1.165) is 45.8 Å². The van der Waals surface area contributed by atoms with Gasteiger partial charge in [0.25, 0.3) is 0 Å². The fourth-order valence-corrected chi connectivity index (χ4v) is 5.09. The molecule has 0 atom stereocenters. The summed E-state index contributed by atoms with van der Waals surface area (Å²) in [5.74, 6) is -2.65. The average Bonchev–Trinajstić information content (AvgIpc) is 3.89. The fourth-order valence-electron chi connectivity index (χ4n) is 5.09. The molecule has 2 heterocycles. The predicted molar refractivity (Wildman–Crippen MR) is 180 cm³/mol. The number of hydrogen-bond acceptors (Lipinski definition) is 2. The van der Waals surface area contributed by atoms with E-state index in [2.05, 4.69) is 24.3 Å². The first kappa shape index (κ1) is 36.8. The van der Waals surface area contributed by atoms with Crippen molar-refractivity contribution in [1.82, 2.24) is 9.13 Å². The molecule has 0 amide bonds. The van der Waals surface area contributed by atoms with Crippen molar-refractivity contribution in [3.8, 4) is 22.9 Å². The van der Waals surface area contributed by atoms with Crippen LogP contribution in [0, 0.1) is 61.4 Å². The van der Waals surface area contributed by atoms with Crippen LogP contribution in [0.4, 0.5) is 17.6 Å². The molecule has 2 aliphatic carbocycles. The fraction of sp³-hybridized carbons (Fsp3) is 0.100. The maximum atomic E-state index is 13.8. The van der Waals surface area contributed by atoms with Crippen LogP contribution < -0.4 is 0 Å². The molecule has 49 heavy (non-hydrogen) atoms. The summed E-state index contributed by atoms with van der Waals surface area (Å²) in [5, 5.41) is 20.6. The summed E-state index contributed by atoms with van der Waals surface area (Å²) in [6.45, 7) is 3.73. The van der Waals surface area contributed by atoms with E-state index in [1.807, 2.05) is 50.3 Å². The minimum Gasteiger partial charge on any atom is -0.508 e. The summed E-state index contributed by atoms with van der Waals surface area (Å²) in [7, 11) is 0. The molecule has 8 rings (SSSR count). The zero-order valence-electron chi connectivity index (χ0n) is 26.6. The Morgan fingerprint density at radius 3 is 1.31 bits per heavy atom. The monoisotopic (exact) mass is 694 g/mol. The van der Waals surface area contributed by atoms with Gasteiger partial charge < -0.3 is 19.3 Å². The van der Waals surface area contributed by atoms with Crippen molar-refractivity contribution in [3.63, 3.8) is 0 Å². The second kappa shape index (κ2) is 16.9. The molecule has 4 aromatic carbocycles. The van der Waals surface area contributed by atoms with E-state index < -0.39 is 23.3 Å². The molecule has 0 aliphatic heterocycles. The molecule has 9 heteroatoms. The molecule has 0 unspecified atom stereocenters. The number of phenolic OH excluding ortho intramolecular Hbond substituents is 2. The Hall–Kier alpha value is -5.05. The van der Waals surface area contributed by atoms with E-state index >= 15 is 0 Å². The second-order valence-corrected chi connectivity index (χ2v) is 10.8. The summed E-state index contributed by atoms with van der Waals surface area (Å²) in [6, 6.07) is 18.8. The molecule has 2 N–H and O–H groups in total. The van der Waals surface area contributed by atoms with Gasteiger partial charge in [0, 0.05) is 57.5 Å². The zero-order chi connectivity index (χ0) is 34.2. The third-order valence-electron chi connectivity index (χ3n) is 7.35. The Bertz CT molecular complexity index is 2020. The molecule has 0 radical (unpaired) electrons. The van der Waals surface area contributed by atoms with Gasteiger partial charge in [0.1, 0.15) is 11.5 Å². The number of halogens is 4. The number of nitrogens with zero attached hydrogens (tertiary/aromatic N) is 2. The predicted octanol–water partition coefficient (Wildman–Crippen LogP) is 10.1. The van der Waals surface area contributed by atoms with E-state index in [1.165, 1.54) is 36.4 Å². The van der Waals surface area contributed by atoms with Crippen molar-refractivity contribution < 1.29 is 49.5 Å². The number of aryl methyl sites for hydroxylation is 2. The molecule has 2 aliphatic rings. The number of benzene rings is 4. The van der Waals surface area contributed by atoms with Crippen LogP contribution in [-0.2, 0) is 21.7 Å². The van der Waals surface area contributed by atoms with E-state index in [-0.39, 0.29) is 44.6 Å². The van der Waals surface area contributed by atoms with Crippen LogP contribution in [0.25, 0.3) is 33.2 Å². The third-order valence-corrected chi connectivity index (χ3v) is 7.35. The van der Waals surface area contributed by atoms with Gasteiger partial charge in [0.05, 0.1) is 0 Å². The smallest absolute Gasteiger partial charge is 0.508 e. The minimum atomic E-state index is -0.745. The molecule has 0 fully saturated rings. The van der Waals surface area contributed by atoms with Crippen molar-refractivity contribution in [1.29, 1.82) is 0 Å². The van der Waals surface area contributed by atoms with E-state index in [1.54, 1.807) is 45.8 Å². The van der Waals surface area contributed by atoms with Gasteiger partial charge in [-0.1, -0.05) is 0 Å². The van der Waals surface area contributed by atoms with Crippen molar-refractivity contribution >= 4 is 21.8 Å². The zero-order valence-corrected chi connectivity index (χ0v) is 28.2. The van der Waals surface area contributed by atoms with Crippen LogP contribution >= 0.6 is 0 Å². The molecule has 6 aromatic rings. The number of rotatable bonds is 2. The third kappa shape index (κ3) is 9.10. The van der Waals surface area contributed by atoms with Gasteiger partial charge in [-0.05, 0) is 72.7 Å². The largest absolute Gasteiger partial charge is 4.00 e. The number of hydrogen-bond donors (Lipinski definition) is 2. The van der Waals surface area contributed by atoms with Gasteiger partial charge in [-0.25, -0.2) is 41.9 Å². The molecule has 0 spiro atoms. The molecule has 244 valence electrons. The number of phenols is 2. The second-order valence-electron chi connectivity index (χ2n) is 10.8. The van der Waals surface area contributed by atoms with Crippen molar-refractivity contribution in [2.75, 3.05) is 0 Å². The first-order valence-electron chi connectivity index (χ1n) is 14.9. The Labute approximate surface area is 297 Å². The first-order chi connectivity index (χ1) is 23.1. The Morgan fingerprint density at radius 1 is 0.592 bits per heavy atom. The first-order valence-corrected chi connectivity index (χ1v) is 14.9. The topological polar surface area (TPSA) is 50.3 Å². The molecule has 2 aromatic heterocycles. The van der Waals surface area contributed by atoms with Crippen LogP contribution in [0.2, 0.25) is 0 Å². The quantitative estimate of drug-likeness (QED) is 0.108. The van der Waals surface area contributed by atoms with Gasteiger partial charge >= 0.3 is 21.7 Å². The molecule has 0 saturated heterocycles. The summed E-state index contributed by atoms with van der Waals surface area (Å²) in [6.07, 6.45) is 23.5. The maximum Gasteiger partial charge on any atom is 4.00 e. The average molecular weight is 695 g/mol. The van der Waals surface area contributed by atoms with Gasteiger partial charge in [-0.3, -0.25) is 12.2 Å². The molecular formula is C40H30F4N2O2Ti. The van der Waals surface area contributed by atoms with Crippen molar-refractivity contribution in [2.45, 2.75) is 26.7 Å². The molecule has 4 nitrogen and oxygen atoms in total. The Balaban J connectivity index is 0.000000169. The normalized spacial score (nSPS) is 12.2. The number of allylic oxidation sites excluding steroid dienone is 8. The standard InChI is InChI=1S/2C15H10F2NO.2C5H5.Ti/c2*1-9-8-18(14-5-3-11(19)7-12(9)14)15-4-2-10(16)6-13(15)17;2*1-2-4-5-3-1;/h2*2-5,7-8,19H,1H3;2*1-3H,4H2;/q4*-1;+4. The van der Waals surface area contributed by atoms with Crippen LogP contribution in [-0.4, -0.2) is 19.3 Å². The SMILES string of the molecule is Cc1cn(-c2ccc(F)[c-]c2F)c2ccc(O)cc12.Cc1cn(-c2ccc(F)[c-]c2F)c2ccc(O)cc12.[C-]1=CC=CC1.[C-]1=CC=CC1.[Ti+4]. The number of fused-ring (bicyclic) bond motifs is 2. The summed E-state index contributed by atoms with van der Waals surface area (Å²) >= 11 is 0. The van der Waals surface area contributed by atoms with Crippen LogP contribution in [0.1, 0.15) is 24.0 Å². The van der Waals surface area contributed by atoms with E-state index in [9.17, 15) is 27.8 Å². The van der Waals surface area contributed by atoms with Gasteiger partial charge in [-0.2, -0.15) is 12.2 Å². The minimum absolute atomic E-state index is 0. The van der Waals surface area contributed by atoms with Gasteiger partial charge in [0.2, 0.25) is 0 Å². The Morgan fingerprint density at radius 2 is 1.00 bits per heavy atom. The molecule has 0 bridgehead atoms. The van der Waals surface area contributed by atoms with Crippen LogP contribution in [0.15, 0.2) is 110 Å². The maximum absolute atomic E-state index is 13.8. The summed E-state index contributed by atoms with van der Waals surface area (Å²) in [4.78, 5) is 0. The Kier molecular flexibility index (Phi) is 12.7. The van der Waals surface area contributed by atoms with E-state index in [0.29, 0.717) is 0 Å². The molecule has 0 saturated carbocycles. The number of aromatic hydroxyl groups is 2. The molecular weight excluding hydrogens is 664 g/mol. The van der Waals surface area contributed by atoms with Gasteiger partial charge in [0.15, 0.2) is 0 Å².